The number of rotatable bonds is 4. The molecule has 2 N–H and O–H groups in total. The van der Waals surface area contributed by atoms with Gasteiger partial charge in [-0.05, 0) is 24.3 Å². The minimum atomic E-state index is -4.60. The molecule has 0 saturated carbocycles. The average molecular weight is 374 g/mol. The summed E-state index contributed by atoms with van der Waals surface area (Å²) in [6.07, 6.45) is -3.05. The molecule has 0 unspecified atom stereocenters. The summed E-state index contributed by atoms with van der Waals surface area (Å²) in [7, 11) is 3.55. The van der Waals surface area contributed by atoms with Crippen LogP contribution >= 0.6 is 11.6 Å². The maximum absolute atomic E-state index is 12.8. The van der Waals surface area contributed by atoms with Gasteiger partial charge in [-0.2, -0.15) is 13.2 Å². The Morgan fingerprint density at radius 2 is 2.00 bits per heavy atom. The lowest BCUT2D eigenvalue weighted by atomic mass is 10.2. The zero-order valence-corrected chi connectivity index (χ0v) is 14.1. The summed E-state index contributed by atoms with van der Waals surface area (Å²) in [4.78, 5) is 21.8. The second-order valence-corrected chi connectivity index (χ2v) is 5.65. The van der Waals surface area contributed by atoms with Crippen molar-refractivity contribution in [2.75, 3.05) is 24.3 Å². The molecule has 1 aromatic heterocycles. The molecule has 0 spiro atoms. The van der Waals surface area contributed by atoms with Crippen LogP contribution in [0.1, 0.15) is 11.3 Å². The van der Waals surface area contributed by atoms with Gasteiger partial charge >= 0.3 is 12.2 Å². The molecule has 2 aromatic rings. The Labute approximate surface area is 147 Å². The summed E-state index contributed by atoms with van der Waals surface area (Å²) in [5.74, 6) is 0.479. The number of nitrogens with zero attached hydrogens (tertiary/aromatic N) is 3. The molecule has 0 fully saturated rings. The van der Waals surface area contributed by atoms with E-state index in [1.807, 2.05) is 0 Å². The molecule has 1 aromatic carbocycles. The first kappa shape index (κ1) is 18.8. The van der Waals surface area contributed by atoms with Crippen molar-refractivity contribution >= 4 is 29.3 Å². The molecular formula is C15H15ClF3N5O. The van der Waals surface area contributed by atoms with Crippen molar-refractivity contribution in [3.05, 3.63) is 46.7 Å². The first-order chi connectivity index (χ1) is 11.7. The number of carbonyl (C=O) groups is 1. The van der Waals surface area contributed by atoms with E-state index < -0.39 is 22.8 Å². The van der Waals surface area contributed by atoms with Gasteiger partial charge in [-0.1, -0.05) is 11.6 Å². The van der Waals surface area contributed by atoms with E-state index in [9.17, 15) is 18.0 Å². The Hall–Kier alpha value is -2.55. The average Bonchev–Trinajstić information content (AvgIpc) is 2.54. The lowest BCUT2D eigenvalue weighted by Gasteiger charge is -2.13. The van der Waals surface area contributed by atoms with Crippen LogP contribution in [0.5, 0.6) is 0 Å². The standard InChI is InChI=1S/C15H15ClF3N5O/c1-24(2)13-20-6-5-10(22-13)8-21-14(25)23-9-3-4-12(16)11(7-9)15(17,18)19/h3-7H,8H2,1-2H3,(H2,21,23,25). The molecule has 0 atom stereocenters. The fraction of sp³-hybridized carbons (Fsp3) is 0.267. The van der Waals surface area contributed by atoms with Gasteiger partial charge in [-0.25, -0.2) is 14.8 Å². The van der Waals surface area contributed by atoms with Crippen molar-refractivity contribution in [3.63, 3.8) is 0 Å². The van der Waals surface area contributed by atoms with Crippen LogP contribution in [0.15, 0.2) is 30.5 Å². The Kier molecular flexibility index (Phi) is 5.68. The highest BCUT2D eigenvalue weighted by Crippen LogP contribution is 2.36. The molecule has 2 amide bonds. The van der Waals surface area contributed by atoms with Crippen LogP contribution in [-0.2, 0) is 12.7 Å². The summed E-state index contributed by atoms with van der Waals surface area (Å²) in [5, 5.41) is 4.41. The minimum absolute atomic E-state index is 0.0223. The second kappa shape index (κ2) is 7.56. The van der Waals surface area contributed by atoms with Gasteiger partial charge in [0.2, 0.25) is 5.95 Å². The van der Waals surface area contributed by atoms with Gasteiger partial charge in [0.15, 0.2) is 0 Å². The molecule has 0 aliphatic carbocycles. The van der Waals surface area contributed by atoms with Crippen molar-refractivity contribution in [2.45, 2.75) is 12.7 Å². The van der Waals surface area contributed by atoms with Crippen LogP contribution in [0.25, 0.3) is 0 Å². The predicted octanol–water partition coefficient (Wildman–Crippen LogP) is 3.54. The topological polar surface area (TPSA) is 70.2 Å². The number of halogens is 4. The Bertz CT molecular complexity index is 767. The van der Waals surface area contributed by atoms with Gasteiger partial charge in [0, 0.05) is 26.0 Å². The molecule has 134 valence electrons. The van der Waals surface area contributed by atoms with Crippen molar-refractivity contribution in [3.8, 4) is 0 Å². The molecule has 0 bridgehead atoms. The van der Waals surface area contributed by atoms with Crippen molar-refractivity contribution in [2.24, 2.45) is 0 Å². The number of benzene rings is 1. The normalized spacial score (nSPS) is 11.1. The first-order valence-electron chi connectivity index (χ1n) is 7.07. The SMILES string of the molecule is CN(C)c1nccc(CNC(=O)Nc2ccc(Cl)c(C(F)(F)F)c2)n1. The van der Waals surface area contributed by atoms with Crippen LogP contribution in [0.4, 0.5) is 29.6 Å². The molecule has 6 nitrogen and oxygen atoms in total. The second-order valence-electron chi connectivity index (χ2n) is 5.24. The number of urea groups is 1. The van der Waals surface area contributed by atoms with Crippen LogP contribution in [0.2, 0.25) is 5.02 Å². The number of aromatic nitrogens is 2. The van der Waals surface area contributed by atoms with Crippen molar-refractivity contribution < 1.29 is 18.0 Å². The number of amides is 2. The molecule has 0 saturated heterocycles. The number of nitrogens with one attached hydrogen (secondary N) is 2. The maximum atomic E-state index is 12.8. The predicted molar refractivity (Wildman–Crippen MR) is 88.7 cm³/mol. The van der Waals surface area contributed by atoms with E-state index >= 15 is 0 Å². The van der Waals surface area contributed by atoms with E-state index in [0.717, 1.165) is 12.1 Å². The van der Waals surface area contributed by atoms with Crippen molar-refractivity contribution in [1.82, 2.24) is 15.3 Å². The van der Waals surface area contributed by atoms with E-state index in [4.69, 9.17) is 11.6 Å². The smallest absolute Gasteiger partial charge is 0.347 e. The van der Waals surface area contributed by atoms with Gasteiger partial charge in [0.05, 0.1) is 22.8 Å². The maximum Gasteiger partial charge on any atom is 0.417 e. The van der Waals surface area contributed by atoms with E-state index in [1.165, 1.54) is 6.07 Å². The number of anilines is 2. The van der Waals surface area contributed by atoms with Crippen LogP contribution < -0.4 is 15.5 Å². The third kappa shape index (κ3) is 5.21. The fourth-order valence-corrected chi connectivity index (χ4v) is 2.09. The van der Waals surface area contributed by atoms with Gasteiger partial charge in [0.25, 0.3) is 0 Å². The van der Waals surface area contributed by atoms with Gasteiger partial charge in [-0.3, -0.25) is 0 Å². The van der Waals surface area contributed by atoms with E-state index in [1.54, 1.807) is 31.3 Å². The number of alkyl halides is 3. The van der Waals surface area contributed by atoms with Gasteiger partial charge < -0.3 is 15.5 Å². The Morgan fingerprint density at radius 3 is 2.64 bits per heavy atom. The largest absolute Gasteiger partial charge is 0.417 e. The van der Waals surface area contributed by atoms with Crippen LogP contribution in [-0.4, -0.2) is 30.1 Å². The summed E-state index contributed by atoms with van der Waals surface area (Å²) in [6.45, 7) is 0.0922. The monoisotopic (exact) mass is 373 g/mol. The summed E-state index contributed by atoms with van der Waals surface area (Å²) in [5.41, 5.74) is -0.481. The quantitative estimate of drug-likeness (QED) is 0.860. The highest BCUT2D eigenvalue weighted by Gasteiger charge is 2.33. The van der Waals surface area contributed by atoms with E-state index in [0.29, 0.717) is 11.6 Å². The fourth-order valence-electron chi connectivity index (χ4n) is 1.86. The molecule has 0 radical (unpaired) electrons. The summed E-state index contributed by atoms with van der Waals surface area (Å²) < 4.78 is 38.4. The molecule has 0 aliphatic rings. The highest BCUT2D eigenvalue weighted by molar-refractivity contribution is 6.31. The third-order valence-electron chi connectivity index (χ3n) is 3.06. The lowest BCUT2D eigenvalue weighted by Crippen LogP contribution is -2.29. The molecule has 1 heterocycles. The third-order valence-corrected chi connectivity index (χ3v) is 3.39. The van der Waals surface area contributed by atoms with E-state index in [2.05, 4.69) is 20.6 Å². The minimum Gasteiger partial charge on any atom is -0.347 e. The van der Waals surface area contributed by atoms with Gasteiger partial charge in [-0.15, -0.1) is 0 Å². The Balaban J connectivity index is 2.00. The summed E-state index contributed by atoms with van der Waals surface area (Å²) in [6, 6.07) is 4.09. The molecular weight excluding hydrogens is 359 g/mol. The number of carbonyl (C=O) groups excluding carboxylic acids is 1. The van der Waals surface area contributed by atoms with Crippen LogP contribution in [0.3, 0.4) is 0 Å². The molecule has 2 rings (SSSR count). The van der Waals surface area contributed by atoms with E-state index in [-0.39, 0.29) is 12.2 Å². The molecule has 0 aliphatic heterocycles. The van der Waals surface area contributed by atoms with Crippen LogP contribution in [0, 0.1) is 0 Å². The number of hydrogen-bond acceptors (Lipinski definition) is 4. The summed E-state index contributed by atoms with van der Waals surface area (Å²) >= 11 is 5.53. The zero-order valence-electron chi connectivity index (χ0n) is 13.4. The molecule has 25 heavy (non-hydrogen) atoms. The molecule has 10 heteroatoms. The highest BCUT2D eigenvalue weighted by atomic mass is 35.5. The van der Waals surface area contributed by atoms with Crippen molar-refractivity contribution in [1.29, 1.82) is 0 Å². The zero-order chi connectivity index (χ0) is 18.6. The number of hydrogen-bond donors (Lipinski definition) is 2. The first-order valence-corrected chi connectivity index (χ1v) is 7.45. The Morgan fingerprint density at radius 1 is 1.28 bits per heavy atom. The van der Waals surface area contributed by atoms with Gasteiger partial charge in [0.1, 0.15) is 0 Å². The lowest BCUT2D eigenvalue weighted by molar-refractivity contribution is -0.137.